The molecule has 17 heavy (non-hydrogen) atoms. The van der Waals surface area contributed by atoms with Gasteiger partial charge in [0.2, 0.25) is 5.91 Å². The van der Waals surface area contributed by atoms with Crippen LogP contribution in [0.25, 0.3) is 0 Å². The Balaban J connectivity index is 2.90. The number of hydrogen-bond donors (Lipinski definition) is 2. The zero-order chi connectivity index (χ0) is 13.0. The molecule has 0 atom stereocenters. The van der Waals surface area contributed by atoms with Crippen LogP contribution in [0, 0.1) is 5.92 Å². The SMILES string of the molecule is CC(C)CN(CC(N)=O)c1nc(Cl)c(CO)s1. The van der Waals surface area contributed by atoms with E-state index in [0.29, 0.717) is 22.5 Å². The fourth-order valence-electron chi connectivity index (χ4n) is 1.39. The quantitative estimate of drug-likeness (QED) is 0.820. The number of carbonyl (C=O) groups is 1. The Morgan fingerprint density at radius 2 is 2.29 bits per heavy atom. The van der Waals surface area contributed by atoms with Gasteiger partial charge in [0, 0.05) is 6.54 Å². The number of carbonyl (C=O) groups excluding carboxylic acids is 1. The zero-order valence-corrected chi connectivity index (χ0v) is 11.4. The first-order valence-corrected chi connectivity index (χ1v) is 6.42. The summed E-state index contributed by atoms with van der Waals surface area (Å²) >= 11 is 7.14. The summed E-state index contributed by atoms with van der Waals surface area (Å²) in [5, 5.41) is 9.95. The van der Waals surface area contributed by atoms with E-state index < -0.39 is 5.91 Å². The van der Waals surface area contributed by atoms with Crippen LogP contribution in [-0.2, 0) is 11.4 Å². The van der Waals surface area contributed by atoms with E-state index in [-0.39, 0.29) is 18.3 Å². The predicted molar refractivity (Wildman–Crippen MR) is 69.3 cm³/mol. The van der Waals surface area contributed by atoms with Crippen molar-refractivity contribution in [2.75, 3.05) is 18.0 Å². The lowest BCUT2D eigenvalue weighted by atomic mass is 10.2. The van der Waals surface area contributed by atoms with Gasteiger partial charge in [0.15, 0.2) is 5.13 Å². The summed E-state index contributed by atoms with van der Waals surface area (Å²) in [6.45, 7) is 4.69. The Morgan fingerprint density at radius 3 is 2.71 bits per heavy atom. The molecule has 1 rings (SSSR count). The second-order valence-corrected chi connectivity index (χ2v) is 5.53. The molecule has 0 radical (unpaired) electrons. The number of anilines is 1. The zero-order valence-electron chi connectivity index (χ0n) is 9.81. The van der Waals surface area contributed by atoms with Gasteiger partial charge in [-0.3, -0.25) is 4.79 Å². The fourth-order valence-corrected chi connectivity index (χ4v) is 2.52. The highest BCUT2D eigenvalue weighted by atomic mass is 35.5. The molecule has 0 unspecified atom stereocenters. The number of nitrogens with zero attached hydrogens (tertiary/aromatic N) is 2. The Bertz CT molecular complexity index is 395. The molecule has 0 saturated heterocycles. The number of rotatable bonds is 6. The summed E-state index contributed by atoms with van der Waals surface area (Å²) in [6, 6.07) is 0. The standard InChI is InChI=1S/C10H16ClN3O2S/c1-6(2)3-14(4-8(12)16)10-13-9(11)7(5-15)17-10/h6,15H,3-5H2,1-2H3,(H2,12,16). The summed E-state index contributed by atoms with van der Waals surface area (Å²) in [6.07, 6.45) is 0. The molecule has 1 aromatic rings. The molecule has 3 N–H and O–H groups in total. The van der Waals surface area contributed by atoms with Gasteiger partial charge in [-0.1, -0.05) is 36.8 Å². The maximum Gasteiger partial charge on any atom is 0.237 e. The smallest absolute Gasteiger partial charge is 0.237 e. The average molecular weight is 278 g/mol. The van der Waals surface area contributed by atoms with Crippen molar-refractivity contribution in [2.24, 2.45) is 11.7 Å². The van der Waals surface area contributed by atoms with E-state index in [1.165, 1.54) is 11.3 Å². The second kappa shape index (κ2) is 6.18. The minimum atomic E-state index is -0.414. The van der Waals surface area contributed by atoms with Gasteiger partial charge in [-0.05, 0) is 5.92 Å². The Kier molecular flexibility index (Phi) is 5.17. The highest BCUT2D eigenvalue weighted by molar-refractivity contribution is 7.16. The van der Waals surface area contributed by atoms with Crippen LogP contribution < -0.4 is 10.6 Å². The first kappa shape index (κ1) is 14.2. The minimum Gasteiger partial charge on any atom is -0.391 e. The monoisotopic (exact) mass is 277 g/mol. The maximum atomic E-state index is 11.0. The molecule has 1 amide bonds. The van der Waals surface area contributed by atoms with Crippen LogP contribution >= 0.6 is 22.9 Å². The van der Waals surface area contributed by atoms with Crippen LogP contribution in [0.2, 0.25) is 5.15 Å². The first-order valence-electron chi connectivity index (χ1n) is 5.23. The van der Waals surface area contributed by atoms with Crippen LogP contribution in [0.3, 0.4) is 0 Å². The van der Waals surface area contributed by atoms with Crippen molar-refractivity contribution < 1.29 is 9.90 Å². The molecule has 0 fully saturated rings. The van der Waals surface area contributed by atoms with Crippen LogP contribution in [0.1, 0.15) is 18.7 Å². The summed E-state index contributed by atoms with van der Waals surface area (Å²) in [5.74, 6) is -0.0443. The summed E-state index contributed by atoms with van der Waals surface area (Å²) in [7, 11) is 0. The number of aliphatic hydroxyl groups is 1. The molecule has 1 heterocycles. The third kappa shape index (κ3) is 4.14. The number of halogens is 1. The van der Waals surface area contributed by atoms with Crippen molar-refractivity contribution in [1.29, 1.82) is 0 Å². The third-order valence-electron chi connectivity index (χ3n) is 1.98. The molecule has 0 aliphatic rings. The summed E-state index contributed by atoms with van der Waals surface area (Å²) < 4.78 is 0. The first-order chi connectivity index (χ1) is 7.93. The summed E-state index contributed by atoms with van der Waals surface area (Å²) in [4.78, 5) is 17.5. The number of nitrogens with two attached hydrogens (primary N) is 1. The van der Waals surface area contributed by atoms with Gasteiger partial charge in [-0.15, -0.1) is 0 Å². The van der Waals surface area contributed by atoms with Crippen molar-refractivity contribution >= 4 is 34.0 Å². The third-order valence-corrected chi connectivity index (χ3v) is 3.51. The van der Waals surface area contributed by atoms with Gasteiger partial charge in [-0.2, -0.15) is 0 Å². The van der Waals surface area contributed by atoms with E-state index in [2.05, 4.69) is 4.98 Å². The lowest BCUT2D eigenvalue weighted by Crippen LogP contribution is -2.36. The number of aromatic nitrogens is 1. The van der Waals surface area contributed by atoms with Crippen molar-refractivity contribution in [3.63, 3.8) is 0 Å². The Labute approximate surface area is 109 Å². The molecule has 0 aliphatic heterocycles. The molecular formula is C10H16ClN3O2S. The van der Waals surface area contributed by atoms with Gasteiger partial charge in [0.05, 0.1) is 18.0 Å². The van der Waals surface area contributed by atoms with Gasteiger partial charge in [0.25, 0.3) is 0 Å². The number of thiazole rings is 1. The van der Waals surface area contributed by atoms with E-state index in [0.717, 1.165) is 0 Å². The molecule has 7 heteroatoms. The lowest BCUT2D eigenvalue weighted by Gasteiger charge is -2.21. The minimum absolute atomic E-state index is 0.104. The highest BCUT2D eigenvalue weighted by Gasteiger charge is 2.17. The fraction of sp³-hybridized carbons (Fsp3) is 0.600. The Hall–Kier alpha value is -0.850. The summed E-state index contributed by atoms with van der Waals surface area (Å²) in [5.41, 5.74) is 5.20. The van der Waals surface area contributed by atoms with Crippen LogP contribution in [0.4, 0.5) is 5.13 Å². The van der Waals surface area contributed by atoms with E-state index in [1.807, 2.05) is 13.8 Å². The van der Waals surface area contributed by atoms with Crippen LogP contribution in [0.15, 0.2) is 0 Å². The lowest BCUT2D eigenvalue weighted by molar-refractivity contribution is -0.116. The van der Waals surface area contributed by atoms with E-state index in [4.69, 9.17) is 22.4 Å². The topological polar surface area (TPSA) is 79.5 Å². The Morgan fingerprint density at radius 1 is 1.65 bits per heavy atom. The van der Waals surface area contributed by atoms with Crippen LogP contribution in [-0.4, -0.2) is 29.1 Å². The maximum absolute atomic E-state index is 11.0. The highest BCUT2D eigenvalue weighted by Crippen LogP contribution is 2.29. The van der Waals surface area contributed by atoms with E-state index in [1.54, 1.807) is 4.90 Å². The van der Waals surface area contributed by atoms with E-state index >= 15 is 0 Å². The van der Waals surface area contributed by atoms with Crippen molar-refractivity contribution in [3.8, 4) is 0 Å². The molecule has 5 nitrogen and oxygen atoms in total. The largest absolute Gasteiger partial charge is 0.391 e. The number of hydrogen-bond acceptors (Lipinski definition) is 5. The van der Waals surface area contributed by atoms with E-state index in [9.17, 15) is 4.79 Å². The van der Waals surface area contributed by atoms with Gasteiger partial charge < -0.3 is 15.7 Å². The van der Waals surface area contributed by atoms with Gasteiger partial charge in [-0.25, -0.2) is 4.98 Å². The van der Waals surface area contributed by atoms with Crippen molar-refractivity contribution in [1.82, 2.24) is 4.98 Å². The molecule has 1 aromatic heterocycles. The molecule has 0 aliphatic carbocycles. The predicted octanol–water partition coefficient (Wildman–Crippen LogP) is 1.24. The molecule has 0 saturated carbocycles. The van der Waals surface area contributed by atoms with Gasteiger partial charge in [0.1, 0.15) is 5.15 Å². The number of aliphatic hydroxyl groups excluding tert-OH is 1. The number of primary amides is 1. The molecule has 0 spiro atoms. The number of amides is 1. The molecule has 0 aromatic carbocycles. The van der Waals surface area contributed by atoms with Crippen LogP contribution in [0.5, 0.6) is 0 Å². The normalized spacial score (nSPS) is 10.9. The molecule has 96 valence electrons. The average Bonchev–Trinajstić information content (AvgIpc) is 2.57. The molecule has 0 bridgehead atoms. The van der Waals surface area contributed by atoms with Crippen molar-refractivity contribution in [3.05, 3.63) is 10.0 Å². The van der Waals surface area contributed by atoms with Crippen molar-refractivity contribution in [2.45, 2.75) is 20.5 Å². The van der Waals surface area contributed by atoms with Gasteiger partial charge >= 0.3 is 0 Å². The molecular weight excluding hydrogens is 262 g/mol. The second-order valence-electron chi connectivity index (χ2n) is 4.11.